The average molecular weight is 292 g/mol. The molecule has 2 unspecified atom stereocenters. The summed E-state index contributed by atoms with van der Waals surface area (Å²) in [5.41, 5.74) is 6.99. The van der Waals surface area contributed by atoms with Crippen molar-refractivity contribution in [2.24, 2.45) is 5.73 Å². The summed E-state index contributed by atoms with van der Waals surface area (Å²) in [5, 5.41) is 17.7. The molecule has 0 aromatic heterocycles. The third-order valence-corrected chi connectivity index (χ3v) is 3.47. The highest BCUT2D eigenvalue weighted by Gasteiger charge is 2.35. The number of para-hydroxylation sites is 1. The molecule has 2 rings (SSSR count). The summed E-state index contributed by atoms with van der Waals surface area (Å²) in [5.74, 6) is -2.90. The van der Waals surface area contributed by atoms with Gasteiger partial charge in [0.15, 0.2) is 0 Å². The Morgan fingerprint density at radius 1 is 1.24 bits per heavy atom. The molecule has 7 heteroatoms. The minimum atomic E-state index is -1.15. The van der Waals surface area contributed by atoms with Crippen molar-refractivity contribution in [2.45, 2.75) is 24.8 Å². The smallest absolute Gasteiger partial charge is 0.305 e. The second kappa shape index (κ2) is 5.92. The van der Waals surface area contributed by atoms with Gasteiger partial charge < -0.3 is 20.8 Å². The zero-order valence-corrected chi connectivity index (χ0v) is 11.2. The molecule has 0 saturated carbocycles. The molecular formula is C14H16N2O5. The second-order valence-corrected chi connectivity index (χ2v) is 5.01. The number of fused-ring (bicyclic) bond motifs is 1. The van der Waals surface area contributed by atoms with Crippen LogP contribution in [-0.4, -0.2) is 40.6 Å². The van der Waals surface area contributed by atoms with Gasteiger partial charge in [0, 0.05) is 18.2 Å². The van der Waals surface area contributed by atoms with Crippen LogP contribution in [0.2, 0.25) is 0 Å². The first-order valence-corrected chi connectivity index (χ1v) is 6.49. The monoisotopic (exact) mass is 292 g/mol. The quantitative estimate of drug-likeness (QED) is 0.722. The molecule has 0 spiro atoms. The molecule has 1 aliphatic rings. The number of carboxylic acid groups (broad SMARTS) is 2. The average Bonchev–Trinajstić information content (AvgIpc) is 2.75. The van der Waals surface area contributed by atoms with Crippen LogP contribution in [0.5, 0.6) is 0 Å². The molecule has 21 heavy (non-hydrogen) atoms. The third kappa shape index (κ3) is 3.19. The van der Waals surface area contributed by atoms with Crippen molar-refractivity contribution in [1.29, 1.82) is 0 Å². The van der Waals surface area contributed by atoms with Crippen molar-refractivity contribution in [1.82, 2.24) is 0 Å². The topological polar surface area (TPSA) is 121 Å². The van der Waals surface area contributed by atoms with Crippen LogP contribution in [0.1, 0.15) is 24.3 Å². The van der Waals surface area contributed by atoms with Crippen LogP contribution in [0.3, 0.4) is 0 Å². The number of benzene rings is 1. The van der Waals surface area contributed by atoms with Crippen molar-refractivity contribution in [3.8, 4) is 0 Å². The van der Waals surface area contributed by atoms with Crippen molar-refractivity contribution < 1.29 is 24.6 Å². The fourth-order valence-corrected chi connectivity index (χ4v) is 2.57. The summed E-state index contributed by atoms with van der Waals surface area (Å²) >= 11 is 0. The Labute approximate surface area is 121 Å². The minimum Gasteiger partial charge on any atom is -0.481 e. The van der Waals surface area contributed by atoms with Crippen molar-refractivity contribution in [3.63, 3.8) is 0 Å². The maximum atomic E-state index is 12.3. The fraction of sp³-hybridized carbons (Fsp3) is 0.357. The lowest BCUT2D eigenvalue weighted by Crippen LogP contribution is -2.44. The Morgan fingerprint density at radius 2 is 1.90 bits per heavy atom. The molecule has 7 nitrogen and oxygen atoms in total. The molecule has 0 saturated heterocycles. The molecule has 1 aromatic carbocycles. The SMILES string of the molecule is NC(CC(=O)O)C(=O)N1CC(CC(=O)O)c2ccccc21. The molecule has 1 aromatic rings. The normalized spacial score (nSPS) is 18.1. The van der Waals surface area contributed by atoms with Gasteiger partial charge in [-0.25, -0.2) is 0 Å². The van der Waals surface area contributed by atoms with E-state index in [1.807, 2.05) is 0 Å². The zero-order valence-electron chi connectivity index (χ0n) is 11.2. The van der Waals surface area contributed by atoms with Gasteiger partial charge in [-0.05, 0) is 11.6 Å². The highest BCUT2D eigenvalue weighted by atomic mass is 16.4. The molecule has 0 fully saturated rings. The Hall–Kier alpha value is -2.41. The number of hydrogen-bond donors (Lipinski definition) is 3. The number of carboxylic acids is 2. The number of anilines is 1. The molecule has 4 N–H and O–H groups in total. The maximum Gasteiger partial charge on any atom is 0.305 e. The second-order valence-electron chi connectivity index (χ2n) is 5.01. The number of nitrogens with two attached hydrogens (primary N) is 1. The first-order valence-electron chi connectivity index (χ1n) is 6.49. The molecule has 1 heterocycles. The lowest BCUT2D eigenvalue weighted by atomic mass is 9.98. The van der Waals surface area contributed by atoms with E-state index in [1.165, 1.54) is 4.90 Å². The molecule has 0 aliphatic carbocycles. The number of carbonyl (C=O) groups excluding carboxylic acids is 1. The Kier molecular flexibility index (Phi) is 4.23. The summed E-state index contributed by atoms with van der Waals surface area (Å²) < 4.78 is 0. The number of hydrogen-bond acceptors (Lipinski definition) is 4. The van der Waals surface area contributed by atoms with Gasteiger partial charge in [0.1, 0.15) is 0 Å². The predicted octanol–water partition coefficient (Wildman–Crippen LogP) is 0.394. The Morgan fingerprint density at radius 3 is 2.52 bits per heavy atom. The summed E-state index contributed by atoms with van der Waals surface area (Å²) in [7, 11) is 0. The van der Waals surface area contributed by atoms with Crippen molar-refractivity contribution in [3.05, 3.63) is 29.8 Å². The highest BCUT2D eigenvalue weighted by molar-refractivity contribution is 6.00. The van der Waals surface area contributed by atoms with Gasteiger partial charge in [-0.2, -0.15) is 0 Å². The van der Waals surface area contributed by atoms with Crippen LogP contribution < -0.4 is 10.6 Å². The predicted molar refractivity (Wildman–Crippen MR) is 74.0 cm³/mol. The Bertz CT molecular complexity index is 586. The number of amides is 1. The fourth-order valence-electron chi connectivity index (χ4n) is 2.57. The van der Waals surface area contributed by atoms with Gasteiger partial charge in [0.2, 0.25) is 5.91 Å². The lowest BCUT2D eigenvalue weighted by molar-refractivity contribution is -0.139. The van der Waals surface area contributed by atoms with E-state index in [0.29, 0.717) is 5.69 Å². The molecule has 1 amide bonds. The lowest BCUT2D eigenvalue weighted by Gasteiger charge is -2.21. The number of rotatable bonds is 5. The van der Waals surface area contributed by atoms with Gasteiger partial charge in [-0.1, -0.05) is 18.2 Å². The summed E-state index contributed by atoms with van der Waals surface area (Å²) in [6.45, 7) is 0.206. The van der Waals surface area contributed by atoms with Crippen molar-refractivity contribution >= 4 is 23.5 Å². The molecule has 112 valence electrons. The van der Waals surface area contributed by atoms with Gasteiger partial charge in [-0.15, -0.1) is 0 Å². The van der Waals surface area contributed by atoms with E-state index in [0.717, 1.165) is 5.56 Å². The van der Waals surface area contributed by atoms with Crippen molar-refractivity contribution in [2.75, 3.05) is 11.4 Å². The highest BCUT2D eigenvalue weighted by Crippen LogP contribution is 2.38. The van der Waals surface area contributed by atoms with Crippen LogP contribution in [0, 0.1) is 0 Å². The maximum absolute atomic E-state index is 12.3. The minimum absolute atomic E-state index is 0.0883. The van der Waals surface area contributed by atoms with Crippen LogP contribution in [-0.2, 0) is 14.4 Å². The standard InChI is InChI=1S/C14H16N2O5/c15-10(6-13(19)20)14(21)16-7-8(5-12(17)18)9-3-1-2-4-11(9)16/h1-4,8,10H,5-7,15H2,(H,17,18)(H,19,20). The van der Waals surface area contributed by atoms with Crippen LogP contribution in [0.25, 0.3) is 0 Å². The molecule has 1 aliphatic heterocycles. The third-order valence-electron chi connectivity index (χ3n) is 3.47. The molecule has 0 bridgehead atoms. The van der Waals surface area contributed by atoms with E-state index in [2.05, 4.69) is 0 Å². The largest absolute Gasteiger partial charge is 0.481 e. The number of carbonyl (C=O) groups is 3. The van der Waals surface area contributed by atoms with Gasteiger partial charge in [-0.3, -0.25) is 14.4 Å². The van der Waals surface area contributed by atoms with Gasteiger partial charge >= 0.3 is 11.9 Å². The molecule has 2 atom stereocenters. The van der Waals surface area contributed by atoms with E-state index in [4.69, 9.17) is 15.9 Å². The molecule has 0 radical (unpaired) electrons. The zero-order chi connectivity index (χ0) is 15.6. The Balaban J connectivity index is 2.24. The van der Waals surface area contributed by atoms with E-state index in [9.17, 15) is 14.4 Å². The number of nitrogens with zero attached hydrogens (tertiary/aromatic N) is 1. The van der Waals surface area contributed by atoms with E-state index in [1.54, 1.807) is 24.3 Å². The summed E-state index contributed by atoms with van der Waals surface area (Å²) in [6, 6.07) is 5.87. The summed E-state index contributed by atoms with van der Waals surface area (Å²) in [6.07, 6.45) is -0.546. The van der Waals surface area contributed by atoms with Crippen LogP contribution in [0.4, 0.5) is 5.69 Å². The number of aliphatic carboxylic acids is 2. The van der Waals surface area contributed by atoms with E-state index < -0.39 is 30.3 Å². The van der Waals surface area contributed by atoms with E-state index >= 15 is 0 Å². The van der Waals surface area contributed by atoms with Gasteiger partial charge in [0.05, 0.1) is 18.9 Å². The van der Waals surface area contributed by atoms with E-state index in [-0.39, 0.29) is 18.9 Å². The first kappa shape index (κ1) is 15.0. The summed E-state index contributed by atoms with van der Waals surface area (Å²) in [4.78, 5) is 35.2. The van der Waals surface area contributed by atoms with Crippen LogP contribution in [0.15, 0.2) is 24.3 Å². The first-order chi connectivity index (χ1) is 9.90. The van der Waals surface area contributed by atoms with Crippen LogP contribution >= 0.6 is 0 Å². The molecular weight excluding hydrogens is 276 g/mol. The van der Waals surface area contributed by atoms with Gasteiger partial charge in [0.25, 0.3) is 0 Å².